The number of halogens is 1. The predicted molar refractivity (Wildman–Crippen MR) is 128 cm³/mol. The molecule has 0 spiro atoms. The second kappa shape index (κ2) is 9.33. The maximum Gasteiger partial charge on any atom is 0.262 e. The van der Waals surface area contributed by atoms with Crippen LogP contribution in [0.15, 0.2) is 35.4 Å². The molecule has 0 saturated carbocycles. The first-order valence-corrected chi connectivity index (χ1v) is 12.5. The van der Waals surface area contributed by atoms with Crippen molar-refractivity contribution in [2.45, 2.75) is 45.2 Å². The molecule has 1 aromatic carbocycles. The van der Waals surface area contributed by atoms with Gasteiger partial charge in [-0.05, 0) is 48.9 Å². The van der Waals surface area contributed by atoms with Gasteiger partial charge in [0, 0.05) is 55.6 Å². The summed E-state index contributed by atoms with van der Waals surface area (Å²) in [7, 11) is 0. The van der Waals surface area contributed by atoms with Crippen molar-refractivity contribution in [3.63, 3.8) is 0 Å². The molecule has 5 rings (SSSR count). The number of nitrogens with zero attached hydrogens (tertiary/aromatic N) is 4. The average Bonchev–Trinajstić information content (AvgIpc) is 3.20. The van der Waals surface area contributed by atoms with Crippen molar-refractivity contribution in [2.24, 2.45) is 0 Å². The lowest BCUT2D eigenvalue weighted by Gasteiger charge is -2.34. The molecule has 1 aliphatic heterocycles. The van der Waals surface area contributed by atoms with Gasteiger partial charge >= 0.3 is 0 Å². The number of rotatable bonds is 5. The van der Waals surface area contributed by atoms with Crippen LogP contribution in [0.2, 0.25) is 5.02 Å². The Kier molecular flexibility index (Phi) is 6.31. The second-order valence-corrected chi connectivity index (χ2v) is 10.2. The Morgan fingerprint density at radius 3 is 2.59 bits per heavy atom. The van der Waals surface area contributed by atoms with Crippen LogP contribution in [0.5, 0.6) is 0 Å². The smallest absolute Gasteiger partial charge is 0.262 e. The van der Waals surface area contributed by atoms with Crippen LogP contribution in [-0.2, 0) is 30.7 Å². The summed E-state index contributed by atoms with van der Waals surface area (Å²) >= 11 is 7.62. The molecule has 0 atom stereocenters. The minimum Gasteiger partial charge on any atom is -0.340 e. The highest BCUT2D eigenvalue weighted by atomic mass is 35.5. The zero-order chi connectivity index (χ0) is 22.1. The molecule has 2 aliphatic rings. The van der Waals surface area contributed by atoms with E-state index in [1.54, 1.807) is 22.2 Å². The summed E-state index contributed by atoms with van der Waals surface area (Å²) < 4.78 is 1.62. The van der Waals surface area contributed by atoms with Crippen LogP contribution >= 0.6 is 22.9 Å². The number of hydrogen-bond acceptors (Lipinski definition) is 5. The van der Waals surface area contributed by atoms with Gasteiger partial charge in [0.15, 0.2) is 0 Å². The number of carbonyl (C=O) groups is 1. The molecule has 0 radical (unpaired) electrons. The van der Waals surface area contributed by atoms with Gasteiger partial charge in [0.1, 0.15) is 4.83 Å². The van der Waals surface area contributed by atoms with E-state index in [0.717, 1.165) is 67.2 Å². The molecule has 3 aromatic rings. The molecule has 1 saturated heterocycles. The van der Waals surface area contributed by atoms with Crippen LogP contribution in [0.1, 0.15) is 35.3 Å². The van der Waals surface area contributed by atoms with Crippen LogP contribution in [0.25, 0.3) is 10.2 Å². The Labute approximate surface area is 196 Å². The Morgan fingerprint density at radius 1 is 1.06 bits per heavy atom. The molecule has 2 aromatic heterocycles. The molecule has 32 heavy (non-hydrogen) atoms. The molecule has 168 valence electrons. The van der Waals surface area contributed by atoms with Crippen LogP contribution < -0.4 is 5.56 Å². The molecular weight excluding hydrogens is 444 g/mol. The van der Waals surface area contributed by atoms with E-state index in [9.17, 15) is 9.59 Å². The van der Waals surface area contributed by atoms with Gasteiger partial charge < -0.3 is 4.90 Å². The summed E-state index contributed by atoms with van der Waals surface area (Å²) in [4.78, 5) is 36.8. The number of benzene rings is 1. The molecule has 1 fully saturated rings. The van der Waals surface area contributed by atoms with E-state index in [1.807, 2.05) is 29.2 Å². The van der Waals surface area contributed by atoms with E-state index in [-0.39, 0.29) is 11.5 Å². The Balaban J connectivity index is 1.17. The molecule has 6 nitrogen and oxygen atoms in total. The Bertz CT molecular complexity index is 1180. The maximum absolute atomic E-state index is 13.1. The fourth-order valence-electron chi connectivity index (χ4n) is 4.72. The summed E-state index contributed by atoms with van der Waals surface area (Å²) in [6.07, 6.45) is 6.29. The highest BCUT2D eigenvalue weighted by Crippen LogP contribution is 2.33. The van der Waals surface area contributed by atoms with E-state index < -0.39 is 0 Å². The zero-order valence-electron chi connectivity index (χ0n) is 18.1. The van der Waals surface area contributed by atoms with E-state index in [4.69, 9.17) is 11.6 Å². The zero-order valence-corrected chi connectivity index (χ0v) is 19.6. The van der Waals surface area contributed by atoms with Crippen molar-refractivity contribution in [2.75, 3.05) is 26.2 Å². The van der Waals surface area contributed by atoms with Crippen molar-refractivity contribution in [3.8, 4) is 0 Å². The first kappa shape index (κ1) is 21.6. The lowest BCUT2D eigenvalue weighted by molar-refractivity contribution is -0.133. The first-order chi connectivity index (χ1) is 15.6. The van der Waals surface area contributed by atoms with Gasteiger partial charge in [-0.2, -0.15) is 0 Å². The van der Waals surface area contributed by atoms with Crippen molar-refractivity contribution >= 4 is 39.1 Å². The average molecular weight is 471 g/mol. The Hall–Kier alpha value is -2.22. The Morgan fingerprint density at radius 2 is 1.81 bits per heavy atom. The highest BCUT2D eigenvalue weighted by molar-refractivity contribution is 7.18. The lowest BCUT2D eigenvalue weighted by Crippen LogP contribution is -2.48. The molecule has 0 bridgehead atoms. The third kappa shape index (κ3) is 4.47. The van der Waals surface area contributed by atoms with Gasteiger partial charge in [-0.25, -0.2) is 4.98 Å². The van der Waals surface area contributed by atoms with Crippen molar-refractivity contribution in [1.82, 2.24) is 19.4 Å². The van der Waals surface area contributed by atoms with E-state index >= 15 is 0 Å². The normalized spacial score (nSPS) is 17.0. The summed E-state index contributed by atoms with van der Waals surface area (Å²) in [5.74, 6) is 0.107. The standard InChI is InChI=1S/C24H27ClN4O2S/c25-18-7-5-17(6-8-18)15-27-11-13-28(14-12-27)21(30)9-10-29-16-26-23-22(24(29)31)19-3-1-2-4-20(19)32-23/h5-8,16H,1-4,9-15H2. The number of carbonyl (C=O) groups excluding carboxylic acids is 1. The SMILES string of the molecule is O=C(CCn1cnc2sc3c(c2c1=O)CCCC3)N1CCN(Cc2ccc(Cl)cc2)CC1. The number of aryl methyl sites for hydroxylation is 3. The topological polar surface area (TPSA) is 58.4 Å². The molecule has 0 N–H and O–H groups in total. The summed E-state index contributed by atoms with van der Waals surface area (Å²) in [5.41, 5.74) is 2.44. The minimum absolute atomic E-state index is 0.00924. The number of amides is 1. The van der Waals surface area contributed by atoms with Crippen LogP contribution in [0, 0.1) is 0 Å². The van der Waals surface area contributed by atoms with Gasteiger partial charge in [-0.1, -0.05) is 23.7 Å². The van der Waals surface area contributed by atoms with Crippen molar-refractivity contribution in [1.29, 1.82) is 0 Å². The van der Waals surface area contributed by atoms with Gasteiger partial charge in [0.05, 0.1) is 11.7 Å². The molecule has 8 heteroatoms. The fourth-order valence-corrected chi connectivity index (χ4v) is 6.06. The fraction of sp³-hybridized carbons (Fsp3) is 0.458. The number of thiophene rings is 1. The lowest BCUT2D eigenvalue weighted by atomic mass is 9.97. The van der Waals surface area contributed by atoms with Crippen LogP contribution in [0.4, 0.5) is 0 Å². The van der Waals surface area contributed by atoms with Crippen molar-refractivity contribution in [3.05, 3.63) is 62.0 Å². The van der Waals surface area contributed by atoms with E-state index in [2.05, 4.69) is 9.88 Å². The predicted octanol–water partition coefficient (Wildman–Crippen LogP) is 3.72. The molecule has 1 aliphatic carbocycles. The highest BCUT2D eigenvalue weighted by Gasteiger charge is 2.22. The summed E-state index contributed by atoms with van der Waals surface area (Å²) in [5, 5.41) is 1.53. The summed E-state index contributed by atoms with van der Waals surface area (Å²) in [6.45, 7) is 4.39. The van der Waals surface area contributed by atoms with Gasteiger partial charge in [-0.3, -0.25) is 19.1 Å². The number of aromatic nitrogens is 2. The minimum atomic E-state index is 0.00924. The van der Waals surface area contributed by atoms with E-state index in [1.165, 1.54) is 22.4 Å². The number of fused-ring (bicyclic) bond motifs is 3. The third-order valence-corrected chi connectivity index (χ3v) is 8.00. The number of piperazine rings is 1. The van der Waals surface area contributed by atoms with Gasteiger partial charge in [0.25, 0.3) is 5.56 Å². The van der Waals surface area contributed by atoms with Crippen LogP contribution in [-0.4, -0.2) is 51.4 Å². The van der Waals surface area contributed by atoms with Crippen molar-refractivity contribution < 1.29 is 4.79 Å². The van der Waals surface area contributed by atoms with Crippen LogP contribution in [0.3, 0.4) is 0 Å². The summed E-state index contributed by atoms with van der Waals surface area (Å²) in [6, 6.07) is 7.92. The third-order valence-electron chi connectivity index (χ3n) is 6.55. The molecule has 1 amide bonds. The quantitative estimate of drug-likeness (QED) is 0.570. The molecule has 0 unspecified atom stereocenters. The van der Waals surface area contributed by atoms with Gasteiger partial charge in [0.2, 0.25) is 5.91 Å². The monoisotopic (exact) mass is 470 g/mol. The largest absolute Gasteiger partial charge is 0.340 e. The molecule has 3 heterocycles. The first-order valence-electron chi connectivity index (χ1n) is 11.3. The maximum atomic E-state index is 13.1. The second-order valence-electron chi connectivity index (χ2n) is 8.67. The van der Waals surface area contributed by atoms with E-state index in [0.29, 0.717) is 13.0 Å². The molecular formula is C24H27ClN4O2S. The van der Waals surface area contributed by atoms with Gasteiger partial charge in [-0.15, -0.1) is 11.3 Å². The number of hydrogen-bond donors (Lipinski definition) is 0.